The van der Waals surface area contributed by atoms with Crippen molar-refractivity contribution in [1.29, 1.82) is 0 Å². The minimum Gasteiger partial charge on any atom is -0.823 e. The zero-order valence-electron chi connectivity index (χ0n) is 4.09. The Morgan fingerprint density at radius 3 is 2.00 bits per heavy atom. The molecule has 0 aliphatic heterocycles. The van der Waals surface area contributed by atoms with E-state index >= 15 is 0 Å². The van der Waals surface area contributed by atoms with Gasteiger partial charge in [-0.3, -0.25) is 6.66 Å². The van der Waals surface area contributed by atoms with Crippen LogP contribution in [0.1, 0.15) is 6.92 Å². The Hall–Kier alpha value is 0.878. The van der Waals surface area contributed by atoms with Crippen molar-refractivity contribution in [3.05, 3.63) is 6.66 Å². The molecule has 2 nitrogen and oxygen atoms in total. The molecule has 0 saturated carbocycles. The molecule has 0 aromatic heterocycles. The monoisotopic (exact) mass is 290 g/mol. The topological polar surface area (TPSA) is 40.1 Å². The molecular weight excluding hydrogens is 283 g/mol. The quantitative estimate of drug-likeness (QED) is 0.519. The third kappa shape index (κ3) is 10.9. The van der Waals surface area contributed by atoms with Crippen LogP contribution in [0.4, 0.5) is 0 Å². The van der Waals surface area contributed by atoms with Crippen LogP contribution in [0.5, 0.6) is 0 Å². The van der Waals surface area contributed by atoms with Gasteiger partial charge in [0.15, 0.2) is 0 Å². The molecule has 0 bridgehead atoms. The van der Waals surface area contributed by atoms with Crippen molar-refractivity contribution in [2.45, 2.75) is 6.92 Å². The number of hydrogen-bond donors (Lipinski definition) is 0. The van der Waals surface area contributed by atoms with Gasteiger partial charge >= 0.3 is 21.1 Å². The largest absolute Gasteiger partial charge is 2.00 e. The third-order valence-corrected chi connectivity index (χ3v) is 1.45. The van der Waals surface area contributed by atoms with Gasteiger partial charge in [-0.25, -0.2) is 0 Å². The molecular formula is C3H7O2PW. The van der Waals surface area contributed by atoms with Gasteiger partial charge in [-0.2, -0.15) is 0 Å². The normalized spacial score (nSPS) is 17.0. The van der Waals surface area contributed by atoms with Crippen molar-refractivity contribution >= 4 is 7.37 Å². The SMILES string of the molecule is [CH2-]P(=O)([O-])CC.[W+2]. The van der Waals surface area contributed by atoms with E-state index in [-0.39, 0.29) is 27.2 Å². The van der Waals surface area contributed by atoms with Crippen LogP contribution in [0, 0.1) is 6.66 Å². The van der Waals surface area contributed by atoms with Crippen LogP contribution in [-0.4, -0.2) is 6.16 Å². The second-order valence-corrected chi connectivity index (χ2v) is 3.39. The van der Waals surface area contributed by atoms with Crippen LogP contribution in [-0.2, 0) is 25.6 Å². The zero-order chi connectivity index (χ0) is 5.21. The second kappa shape index (κ2) is 3.83. The molecule has 0 fully saturated rings. The van der Waals surface area contributed by atoms with Crippen LogP contribution in [0.3, 0.4) is 0 Å². The molecule has 0 radical (unpaired) electrons. The summed E-state index contributed by atoms with van der Waals surface area (Å²) in [5.74, 6) is 0. The molecule has 0 aromatic carbocycles. The van der Waals surface area contributed by atoms with E-state index in [1.807, 2.05) is 0 Å². The van der Waals surface area contributed by atoms with Crippen LogP contribution >= 0.6 is 7.37 Å². The number of hydrogen-bond acceptors (Lipinski definition) is 2. The summed E-state index contributed by atoms with van der Waals surface area (Å²) in [6.07, 6.45) is 0.160. The second-order valence-electron chi connectivity index (χ2n) is 1.13. The Labute approximate surface area is 58.0 Å². The molecule has 0 N–H and O–H groups in total. The van der Waals surface area contributed by atoms with E-state index in [4.69, 9.17) is 0 Å². The Kier molecular flexibility index (Phi) is 5.90. The first-order chi connectivity index (χ1) is 2.56. The summed E-state index contributed by atoms with van der Waals surface area (Å²) < 4.78 is 9.92. The molecule has 0 saturated heterocycles. The van der Waals surface area contributed by atoms with Gasteiger partial charge in [0.1, 0.15) is 0 Å². The van der Waals surface area contributed by atoms with Crippen molar-refractivity contribution in [3.63, 3.8) is 0 Å². The molecule has 7 heavy (non-hydrogen) atoms. The van der Waals surface area contributed by atoms with Crippen LogP contribution in [0.25, 0.3) is 0 Å². The van der Waals surface area contributed by atoms with Gasteiger partial charge in [0.2, 0.25) is 0 Å². The predicted molar refractivity (Wildman–Crippen MR) is 23.5 cm³/mol. The minimum atomic E-state index is -3.15. The summed E-state index contributed by atoms with van der Waals surface area (Å²) in [6.45, 7) is 4.46. The van der Waals surface area contributed by atoms with Gasteiger partial charge in [-0.1, -0.05) is 6.92 Å². The van der Waals surface area contributed by atoms with Crippen LogP contribution < -0.4 is 4.89 Å². The van der Waals surface area contributed by atoms with Crippen molar-refractivity contribution in [1.82, 2.24) is 0 Å². The molecule has 0 rings (SSSR count). The summed E-state index contributed by atoms with van der Waals surface area (Å²) in [4.78, 5) is 9.92. The van der Waals surface area contributed by atoms with Crippen molar-refractivity contribution in [2.75, 3.05) is 6.16 Å². The average Bonchev–Trinajstić information content (AvgIpc) is 1.35. The summed E-state index contributed by atoms with van der Waals surface area (Å²) in [5, 5.41) is 0. The fraction of sp³-hybridized carbons (Fsp3) is 0.667. The average molecular weight is 290 g/mol. The van der Waals surface area contributed by atoms with Gasteiger partial charge < -0.3 is 9.46 Å². The van der Waals surface area contributed by atoms with E-state index in [1.165, 1.54) is 0 Å². The number of rotatable bonds is 1. The fourth-order valence-corrected chi connectivity index (χ4v) is 0. The van der Waals surface area contributed by atoms with E-state index < -0.39 is 7.37 Å². The first-order valence-electron chi connectivity index (χ1n) is 1.70. The van der Waals surface area contributed by atoms with Gasteiger partial charge in [0.25, 0.3) is 0 Å². The standard InChI is InChI=1S/C3H8O2P.W/c1-3-6(2,4)5;/h2-3H2,1H3,(H,4,5);/q-1;+2/p-1. The van der Waals surface area contributed by atoms with Gasteiger partial charge in [-0.15, -0.1) is 7.37 Å². The molecule has 0 aliphatic rings. The predicted octanol–water partition coefficient (Wildman–Crippen LogP) is 0.434. The molecule has 0 spiro atoms. The van der Waals surface area contributed by atoms with E-state index in [1.54, 1.807) is 6.92 Å². The molecule has 0 heterocycles. The Bertz CT molecular complexity index is 77.0. The third-order valence-electron chi connectivity index (χ3n) is 0.482. The smallest absolute Gasteiger partial charge is 0.823 e. The molecule has 0 aromatic rings. The van der Waals surface area contributed by atoms with Crippen molar-refractivity contribution in [3.8, 4) is 0 Å². The van der Waals surface area contributed by atoms with Crippen LogP contribution in [0.15, 0.2) is 0 Å². The van der Waals surface area contributed by atoms with E-state index in [0.29, 0.717) is 0 Å². The summed E-state index contributed by atoms with van der Waals surface area (Å²) in [5.41, 5.74) is 0. The van der Waals surface area contributed by atoms with E-state index in [9.17, 15) is 9.46 Å². The Morgan fingerprint density at radius 2 is 2.00 bits per heavy atom. The van der Waals surface area contributed by atoms with Crippen molar-refractivity contribution < 1.29 is 30.5 Å². The molecule has 0 amide bonds. The van der Waals surface area contributed by atoms with Crippen molar-refractivity contribution in [2.24, 2.45) is 0 Å². The van der Waals surface area contributed by atoms with Gasteiger partial charge in [0.05, 0.1) is 0 Å². The van der Waals surface area contributed by atoms with E-state index in [0.717, 1.165) is 0 Å². The molecule has 4 heteroatoms. The molecule has 0 aliphatic carbocycles. The Balaban J connectivity index is 0. The molecule has 42 valence electrons. The minimum absolute atomic E-state index is 0. The first kappa shape index (κ1) is 10.8. The summed E-state index contributed by atoms with van der Waals surface area (Å²) >= 11 is 0. The first-order valence-corrected chi connectivity index (χ1v) is 3.70. The summed E-state index contributed by atoms with van der Waals surface area (Å²) in [7, 11) is -3.15. The fourth-order valence-electron chi connectivity index (χ4n) is 0. The van der Waals surface area contributed by atoms with E-state index in [2.05, 4.69) is 6.66 Å². The van der Waals surface area contributed by atoms with Crippen LogP contribution in [0.2, 0.25) is 0 Å². The zero-order valence-corrected chi connectivity index (χ0v) is 7.91. The maximum atomic E-state index is 9.92. The maximum absolute atomic E-state index is 9.92. The summed E-state index contributed by atoms with van der Waals surface area (Å²) in [6, 6.07) is 0. The van der Waals surface area contributed by atoms with Gasteiger partial charge in [-0.05, 0) is 6.16 Å². The van der Waals surface area contributed by atoms with Gasteiger partial charge in [0, 0.05) is 0 Å². The maximum Gasteiger partial charge on any atom is 2.00 e. The molecule has 1 unspecified atom stereocenters. The molecule has 1 atom stereocenters. The Morgan fingerprint density at radius 1 is 1.86 bits per heavy atom.